The van der Waals surface area contributed by atoms with Gasteiger partial charge in [0.15, 0.2) is 0 Å². The predicted molar refractivity (Wildman–Crippen MR) is 56.3 cm³/mol. The zero-order valence-electron chi connectivity index (χ0n) is 9.28. The van der Waals surface area contributed by atoms with Crippen molar-refractivity contribution in [1.29, 1.82) is 0 Å². The molecule has 3 rings (SSSR count). The summed E-state index contributed by atoms with van der Waals surface area (Å²) in [5.41, 5.74) is 0. The second-order valence-electron chi connectivity index (χ2n) is 4.47. The summed E-state index contributed by atoms with van der Waals surface area (Å²) in [6.07, 6.45) is 0.359. The lowest BCUT2D eigenvalue weighted by atomic mass is 10.2. The van der Waals surface area contributed by atoms with E-state index in [0.717, 1.165) is 19.7 Å². The fraction of sp³-hybridized carbons (Fsp3) is 1.00. The highest BCUT2D eigenvalue weighted by Gasteiger charge is 2.32. The van der Waals surface area contributed by atoms with E-state index >= 15 is 0 Å². The van der Waals surface area contributed by atoms with Crippen molar-refractivity contribution in [2.45, 2.75) is 6.23 Å². The van der Waals surface area contributed by atoms with Crippen LogP contribution in [-0.4, -0.2) is 80.9 Å². The highest BCUT2D eigenvalue weighted by molar-refractivity contribution is 4.83. The molecule has 4 heteroatoms. The Morgan fingerprint density at radius 1 is 1.21 bits per heavy atom. The van der Waals surface area contributed by atoms with Crippen LogP contribution >= 0.6 is 0 Å². The van der Waals surface area contributed by atoms with Crippen molar-refractivity contribution in [2.75, 3.05) is 60.0 Å². The molecule has 0 N–H and O–H groups in total. The van der Waals surface area contributed by atoms with Crippen LogP contribution in [0.25, 0.3) is 0 Å². The molecule has 0 spiro atoms. The Balaban J connectivity index is 1.71. The standard InChI is InChI=1S/C10H21N3O/c1-11(2)7-8-14-10-9-12-3-5-13(10)6-4-12/h10H,3-9H2,1-2H3. The first-order valence-electron chi connectivity index (χ1n) is 5.48. The molecule has 3 aliphatic rings. The number of ether oxygens (including phenoxy) is 1. The second-order valence-corrected chi connectivity index (χ2v) is 4.47. The lowest BCUT2D eigenvalue weighted by Gasteiger charge is -2.47. The van der Waals surface area contributed by atoms with Crippen molar-refractivity contribution < 1.29 is 4.74 Å². The van der Waals surface area contributed by atoms with E-state index in [1.165, 1.54) is 26.2 Å². The minimum atomic E-state index is 0.359. The summed E-state index contributed by atoms with van der Waals surface area (Å²) < 4.78 is 5.87. The van der Waals surface area contributed by atoms with Crippen LogP contribution in [0.3, 0.4) is 0 Å². The first-order chi connectivity index (χ1) is 6.75. The third-order valence-electron chi connectivity index (χ3n) is 3.08. The second kappa shape index (κ2) is 4.57. The van der Waals surface area contributed by atoms with Gasteiger partial charge in [-0.25, -0.2) is 0 Å². The van der Waals surface area contributed by atoms with Crippen LogP contribution in [0.1, 0.15) is 0 Å². The van der Waals surface area contributed by atoms with Crippen molar-refractivity contribution in [3.63, 3.8) is 0 Å². The SMILES string of the molecule is CN(C)CCOC1CN2CCN1CC2. The molecule has 0 aromatic heterocycles. The third-order valence-corrected chi connectivity index (χ3v) is 3.08. The minimum Gasteiger partial charge on any atom is -0.360 e. The lowest BCUT2D eigenvalue weighted by molar-refractivity contribution is -0.132. The van der Waals surface area contributed by atoms with Gasteiger partial charge in [-0.05, 0) is 14.1 Å². The van der Waals surface area contributed by atoms with E-state index in [2.05, 4.69) is 28.8 Å². The lowest BCUT2D eigenvalue weighted by Crippen LogP contribution is -2.61. The molecule has 0 aromatic rings. The fourth-order valence-corrected chi connectivity index (χ4v) is 2.10. The molecule has 3 saturated heterocycles. The first kappa shape index (κ1) is 10.4. The summed E-state index contributed by atoms with van der Waals surface area (Å²) in [4.78, 5) is 7.13. The molecular formula is C10H21N3O. The van der Waals surface area contributed by atoms with Crippen LogP contribution in [0.2, 0.25) is 0 Å². The Labute approximate surface area is 86.4 Å². The molecular weight excluding hydrogens is 178 g/mol. The number of nitrogens with zero attached hydrogens (tertiary/aromatic N) is 3. The van der Waals surface area contributed by atoms with E-state index < -0.39 is 0 Å². The van der Waals surface area contributed by atoms with Crippen LogP contribution in [0, 0.1) is 0 Å². The zero-order chi connectivity index (χ0) is 9.97. The van der Waals surface area contributed by atoms with Crippen LogP contribution in [0.4, 0.5) is 0 Å². The average Bonchev–Trinajstić information content (AvgIpc) is 2.19. The van der Waals surface area contributed by atoms with Crippen LogP contribution in [-0.2, 0) is 4.74 Å². The highest BCUT2D eigenvalue weighted by Crippen LogP contribution is 2.16. The monoisotopic (exact) mass is 199 g/mol. The number of hydrogen-bond donors (Lipinski definition) is 0. The molecule has 0 amide bonds. The van der Waals surface area contributed by atoms with E-state index in [4.69, 9.17) is 4.74 Å². The van der Waals surface area contributed by atoms with Gasteiger partial charge in [0.2, 0.25) is 0 Å². The molecule has 0 aromatic carbocycles. The summed E-state index contributed by atoms with van der Waals surface area (Å²) >= 11 is 0. The van der Waals surface area contributed by atoms with Crippen molar-refractivity contribution >= 4 is 0 Å². The van der Waals surface area contributed by atoms with E-state index in [1.54, 1.807) is 0 Å². The quantitative estimate of drug-likeness (QED) is 0.609. The average molecular weight is 199 g/mol. The van der Waals surface area contributed by atoms with E-state index in [-0.39, 0.29) is 0 Å². The van der Waals surface area contributed by atoms with Gasteiger partial charge in [-0.1, -0.05) is 0 Å². The molecule has 82 valence electrons. The van der Waals surface area contributed by atoms with Crippen molar-refractivity contribution in [1.82, 2.24) is 14.7 Å². The minimum absolute atomic E-state index is 0.359. The molecule has 3 fully saturated rings. The van der Waals surface area contributed by atoms with Crippen molar-refractivity contribution in [3.05, 3.63) is 0 Å². The molecule has 14 heavy (non-hydrogen) atoms. The Kier molecular flexibility index (Phi) is 3.38. The maximum atomic E-state index is 5.87. The van der Waals surface area contributed by atoms with Crippen molar-refractivity contribution in [2.24, 2.45) is 0 Å². The first-order valence-corrected chi connectivity index (χ1v) is 5.48. The van der Waals surface area contributed by atoms with Gasteiger partial charge in [0.1, 0.15) is 6.23 Å². The maximum Gasteiger partial charge on any atom is 0.123 e. The Morgan fingerprint density at radius 3 is 2.43 bits per heavy atom. The number of fused-ring (bicyclic) bond motifs is 3. The van der Waals surface area contributed by atoms with Gasteiger partial charge in [-0.15, -0.1) is 0 Å². The summed E-state index contributed by atoms with van der Waals surface area (Å²) in [5, 5.41) is 0. The normalized spacial score (nSPS) is 36.6. The summed E-state index contributed by atoms with van der Waals surface area (Å²) in [6.45, 7) is 7.81. The smallest absolute Gasteiger partial charge is 0.123 e. The fourth-order valence-electron chi connectivity index (χ4n) is 2.10. The Bertz CT molecular complexity index is 178. The molecule has 3 aliphatic heterocycles. The van der Waals surface area contributed by atoms with Gasteiger partial charge in [-0.3, -0.25) is 9.80 Å². The van der Waals surface area contributed by atoms with E-state index in [1.807, 2.05) is 0 Å². The van der Waals surface area contributed by atoms with Crippen molar-refractivity contribution in [3.8, 4) is 0 Å². The highest BCUT2D eigenvalue weighted by atomic mass is 16.5. The Morgan fingerprint density at radius 2 is 1.93 bits per heavy atom. The summed E-state index contributed by atoms with van der Waals surface area (Å²) in [6, 6.07) is 0. The molecule has 1 atom stereocenters. The predicted octanol–water partition coefficient (Wildman–Crippen LogP) is -0.478. The van der Waals surface area contributed by atoms with Gasteiger partial charge < -0.3 is 9.64 Å². The molecule has 0 radical (unpaired) electrons. The molecule has 0 aliphatic carbocycles. The van der Waals surface area contributed by atoms with Gasteiger partial charge in [-0.2, -0.15) is 0 Å². The summed E-state index contributed by atoms with van der Waals surface area (Å²) in [5.74, 6) is 0. The van der Waals surface area contributed by atoms with Crippen LogP contribution in [0.5, 0.6) is 0 Å². The van der Waals surface area contributed by atoms with Gasteiger partial charge >= 0.3 is 0 Å². The van der Waals surface area contributed by atoms with Gasteiger partial charge in [0.05, 0.1) is 6.61 Å². The van der Waals surface area contributed by atoms with Crippen LogP contribution < -0.4 is 0 Å². The van der Waals surface area contributed by atoms with E-state index in [9.17, 15) is 0 Å². The van der Waals surface area contributed by atoms with E-state index in [0.29, 0.717) is 6.23 Å². The number of hydrogen-bond acceptors (Lipinski definition) is 4. The number of likely N-dealkylation sites (N-methyl/N-ethyl adjacent to an activating group) is 1. The van der Waals surface area contributed by atoms with Crippen LogP contribution in [0.15, 0.2) is 0 Å². The molecule has 1 unspecified atom stereocenters. The van der Waals surface area contributed by atoms with Gasteiger partial charge in [0, 0.05) is 39.3 Å². The third kappa shape index (κ3) is 2.45. The molecule has 3 heterocycles. The maximum absolute atomic E-state index is 5.87. The number of piperazine rings is 3. The molecule has 0 saturated carbocycles. The molecule has 4 nitrogen and oxygen atoms in total. The molecule has 2 bridgehead atoms. The Hall–Kier alpha value is -0.160. The summed E-state index contributed by atoms with van der Waals surface area (Å²) in [7, 11) is 4.17. The van der Waals surface area contributed by atoms with Gasteiger partial charge in [0.25, 0.3) is 0 Å². The topological polar surface area (TPSA) is 19.0 Å². The largest absolute Gasteiger partial charge is 0.360 e. The number of rotatable bonds is 4. The zero-order valence-corrected chi connectivity index (χ0v) is 9.28.